The van der Waals surface area contributed by atoms with Gasteiger partial charge in [0.2, 0.25) is 0 Å². The van der Waals surface area contributed by atoms with Crippen molar-refractivity contribution in [2.24, 2.45) is 0 Å². The predicted octanol–water partition coefficient (Wildman–Crippen LogP) is -5.91. The van der Waals surface area contributed by atoms with Crippen LogP contribution in [-0.4, -0.2) is 50.4 Å². The molecule has 0 aromatic heterocycles. The van der Waals surface area contributed by atoms with Crippen molar-refractivity contribution >= 4 is 10.4 Å². The minimum Gasteiger partial charge on any atom is -0.759 e. The van der Waals surface area contributed by atoms with Crippen LogP contribution in [0.2, 0.25) is 0 Å². The molecule has 0 fully saturated rings. The number of rotatable bonds is 0. The molecule has 0 unspecified atom stereocenters. The molecule has 13 heavy (non-hydrogen) atoms. The molecule has 1 radical (unpaired) electrons. The van der Waals surface area contributed by atoms with Crippen LogP contribution < -0.4 is 6.15 Å². The third-order valence-electron chi connectivity index (χ3n) is 0. The first kappa shape index (κ1) is 114. The molecule has 0 aliphatic carbocycles. The average molecular weight is 277 g/mol. The maximum Gasteiger partial charge on any atom is 2.00 e. The first-order valence-electron chi connectivity index (χ1n) is 0.667. The molecular formula is H16MnNO10S+. The van der Waals surface area contributed by atoms with E-state index in [2.05, 4.69) is 0 Å². The van der Waals surface area contributed by atoms with Gasteiger partial charge in [0, 0.05) is 10.4 Å². The van der Waals surface area contributed by atoms with Crippen molar-refractivity contribution in [1.82, 2.24) is 6.15 Å². The van der Waals surface area contributed by atoms with E-state index >= 15 is 0 Å². The van der Waals surface area contributed by atoms with E-state index in [1.807, 2.05) is 0 Å². The van der Waals surface area contributed by atoms with Crippen molar-refractivity contribution in [2.45, 2.75) is 0 Å². The Kier molecular flexibility index (Phi) is 351. The number of quaternary nitrogens is 1. The van der Waals surface area contributed by atoms with Gasteiger partial charge in [-0.1, -0.05) is 0 Å². The Morgan fingerprint density at radius 1 is 0.692 bits per heavy atom. The molecule has 0 heterocycles. The fraction of sp³-hybridized carbons (Fsp3) is 0. The molecule has 11 nitrogen and oxygen atoms in total. The second-order valence-corrected chi connectivity index (χ2v) is 1.22. The van der Waals surface area contributed by atoms with Crippen LogP contribution in [-0.2, 0) is 27.5 Å². The molecule has 0 bridgehead atoms. The maximum absolute atomic E-state index is 8.52. The van der Waals surface area contributed by atoms with E-state index in [1.165, 1.54) is 0 Å². The van der Waals surface area contributed by atoms with Crippen molar-refractivity contribution in [3.05, 3.63) is 0 Å². The summed E-state index contributed by atoms with van der Waals surface area (Å²) in [6, 6.07) is 0. The van der Waals surface area contributed by atoms with Crippen LogP contribution in [0.4, 0.5) is 0 Å². The van der Waals surface area contributed by atoms with Crippen molar-refractivity contribution in [2.75, 3.05) is 0 Å². The van der Waals surface area contributed by atoms with Crippen molar-refractivity contribution < 1.29 is 67.4 Å². The molecule has 0 amide bonds. The van der Waals surface area contributed by atoms with Gasteiger partial charge >= 0.3 is 17.1 Å². The largest absolute Gasteiger partial charge is 2.00 e. The Bertz CT molecular complexity index is 98.1. The minimum atomic E-state index is -5.17. The second kappa shape index (κ2) is 40.0. The van der Waals surface area contributed by atoms with Crippen molar-refractivity contribution in [3.8, 4) is 0 Å². The maximum atomic E-state index is 8.52. The molecule has 0 spiro atoms. The van der Waals surface area contributed by atoms with Gasteiger partial charge in [-0.05, 0) is 0 Å². The SMILES string of the molecule is O.O.O.O.O.O.O=S(=O)([O-])[O-].[Mn+2].[NH4+]. The van der Waals surface area contributed by atoms with Crippen molar-refractivity contribution in [3.63, 3.8) is 0 Å². The molecule has 0 atom stereocenters. The van der Waals surface area contributed by atoms with Gasteiger partial charge in [-0.25, -0.2) is 0 Å². The Balaban J connectivity index is -0.00000000286. The van der Waals surface area contributed by atoms with E-state index in [0.29, 0.717) is 0 Å². The Labute approximate surface area is 84.6 Å². The fourth-order valence-electron chi connectivity index (χ4n) is 0. The van der Waals surface area contributed by atoms with Crippen LogP contribution in [0.3, 0.4) is 0 Å². The number of hydrogen-bond acceptors (Lipinski definition) is 4. The summed E-state index contributed by atoms with van der Waals surface area (Å²) in [4.78, 5) is 0. The monoisotopic (exact) mass is 277 g/mol. The normalized spacial score (nSPS) is 4.46. The third-order valence-corrected chi connectivity index (χ3v) is 0. The van der Waals surface area contributed by atoms with E-state index < -0.39 is 10.4 Å². The molecule has 0 rings (SSSR count). The van der Waals surface area contributed by atoms with Gasteiger partial charge in [0.25, 0.3) is 0 Å². The average Bonchev–Trinajstić information content (AvgIpc) is 0.722. The van der Waals surface area contributed by atoms with E-state index in [1.54, 1.807) is 0 Å². The molecule has 16 N–H and O–H groups in total. The third kappa shape index (κ3) is 103000. The summed E-state index contributed by atoms with van der Waals surface area (Å²) in [6.07, 6.45) is 0. The first-order valence-corrected chi connectivity index (χ1v) is 2.00. The zero-order valence-electron chi connectivity index (χ0n) is 6.42. The summed E-state index contributed by atoms with van der Waals surface area (Å²) in [7, 11) is -5.17. The zero-order valence-corrected chi connectivity index (χ0v) is 8.42. The smallest absolute Gasteiger partial charge is 0.759 e. The molecule has 93 valence electrons. The Morgan fingerprint density at radius 2 is 0.692 bits per heavy atom. The summed E-state index contributed by atoms with van der Waals surface area (Å²) in [6.45, 7) is 0. The van der Waals surface area contributed by atoms with Crippen LogP contribution in [0, 0.1) is 0 Å². The van der Waals surface area contributed by atoms with Gasteiger partial charge in [0.15, 0.2) is 0 Å². The van der Waals surface area contributed by atoms with Crippen LogP contribution in [0.1, 0.15) is 0 Å². The zero-order chi connectivity index (χ0) is 4.50. The van der Waals surface area contributed by atoms with E-state index in [-0.39, 0.29) is 56.1 Å². The van der Waals surface area contributed by atoms with E-state index in [4.69, 9.17) is 17.5 Å². The summed E-state index contributed by atoms with van der Waals surface area (Å²) < 4.78 is 34.1. The summed E-state index contributed by atoms with van der Waals surface area (Å²) in [5.41, 5.74) is 0. The molecule has 0 aliphatic heterocycles. The standard InChI is InChI=1S/Mn.H3N.H2O4S.6H2O/c;;1-5(2,3)4;;;;;;/h;1H3;(H2,1,2,3,4);6*1H2/q+2;;;;;;;;/p-1. The van der Waals surface area contributed by atoms with Gasteiger partial charge in [0.1, 0.15) is 0 Å². The molecule has 0 aromatic rings. The van der Waals surface area contributed by atoms with Gasteiger partial charge in [0.05, 0.1) is 0 Å². The molecular weight excluding hydrogens is 261 g/mol. The topological polar surface area (TPSA) is 306 Å². The van der Waals surface area contributed by atoms with Gasteiger partial charge in [-0.15, -0.1) is 0 Å². The summed E-state index contributed by atoms with van der Waals surface area (Å²) >= 11 is 0. The van der Waals surface area contributed by atoms with E-state index in [0.717, 1.165) is 0 Å². The summed E-state index contributed by atoms with van der Waals surface area (Å²) in [5, 5.41) is 0. The molecule has 0 aromatic carbocycles. The molecule has 0 saturated carbocycles. The van der Waals surface area contributed by atoms with Crippen LogP contribution in [0.25, 0.3) is 0 Å². The number of hydrogen-bond donors (Lipinski definition) is 1. The molecule has 13 heteroatoms. The van der Waals surface area contributed by atoms with Crippen molar-refractivity contribution in [1.29, 1.82) is 0 Å². The van der Waals surface area contributed by atoms with Gasteiger partial charge in [-0.2, -0.15) is 0 Å². The minimum absolute atomic E-state index is 0. The molecule has 0 saturated heterocycles. The first-order chi connectivity index (χ1) is 2.00. The Morgan fingerprint density at radius 3 is 0.692 bits per heavy atom. The van der Waals surface area contributed by atoms with Crippen LogP contribution >= 0.6 is 0 Å². The van der Waals surface area contributed by atoms with Crippen LogP contribution in [0.15, 0.2) is 0 Å². The summed E-state index contributed by atoms with van der Waals surface area (Å²) in [5.74, 6) is 0. The quantitative estimate of drug-likeness (QED) is 0.256. The second-order valence-electron chi connectivity index (χ2n) is 0.408. The van der Waals surface area contributed by atoms with Gasteiger partial charge in [-0.3, -0.25) is 8.42 Å². The van der Waals surface area contributed by atoms with Gasteiger partial charge < -0.3 is 48.1 Å². The Hall–Kier alpha value is 0.109. The van der Waals surface area contributed by atoms with E-state index in [9.17, 15) is 0 Å². The van der Waals surface area contributed by atoms with Crippen LogP contribution in [0.5, 0.6) is 0 Å². The molecule has 0 aliphatic rings. The fourth-order valence-corrected chi connectivity index (χ4v) is 0. The predicted molar refractivity (Wildman–Crippen MR) is 38.1 cm³/mol.